The van der Waals surface area contributed by atoms with Crippen molar-refractivity contribution in [1.82, 2.24) is 19.2 Å². The number of anilines is 1. The highest BCUT2D eigenvalue weighted by molar-refractivity contribution is 7.88. The van der Waals surface area contributed by atoms with E-state index >= 15 is 0 Å². The van der Waals surface area contributed by atoms with Crippen molar-refractivity contribution >= 4 is 21.9 Å². The van der Waals surface area contributed by atoms with Crippen molar-refractivity contribution in [2.45, 2.75) is 32.2 Å². The number of carbonyl (C=O) groups is 1. The van der Waals surface area contributed by atoms with Gasteiger partial charge >= 0.3 is 0 Å². The largest absolute Gasteiger partial charge is 0.347 e. The third-order valence-electron chi connectivity index (χ3n) is 4.54. The average Bonchev–Trinajstić information content (AvgIpc) is 3.02. The Morgan fingerprint density at radius 1 is 1.32 bits per heavy atom. The number of amides is 1. The van der Waals surface area contributed by atoms with Crippen LogP contribution < -0.4 is 4.90 Å². The molecule has 9 heteroatoms. The van der Waals surface area contributed by atoms with E-state index in [4.69, 9.17) is 0 Å². The molecule has 0 spiro atoms. The standard InChI is InChI=1S/C16H27N5O3S/c1-11(2)20(5)15(22)13-9-17-16(19(3)4)18-14(13)12-7-8-21(10-12)25(6,23)24/h9,11-12H,7-8,10H2,1-6H3. The molecule has 1 amide bonds. The quantitative estimate of drug-likeness (QED) is 0.762. The number of sulfonamides is 1. The van der Waals surface area contributed by atoms with Crippen LogP contribution in [0.15, 0.2) is 6.20 Å². The topological polar surface area (TPSA) is 86.7 Å². The molecule has 1 aliphatic heterocycles. The van der Waals surface area contributed by atoms with Crippen LogP contribution in [0.25, 0.3) is 0 Å². The van der Waals surface area contributed by atoms with Crippen LogP contribution in [-0.4, -0.2) is 80.0 Å². The van der Waals surface area contributed by atoms with Crippen LogP contribution in [0.3, 0.4) is 0 Å². The Hall–Kier alpha value is -1.74. The van der Waals surface area contributed by atoms with Gasteiger partial charge in [-0.3, -0.25) is 4.79 Å². The zero-order chi connectivity index (χ0) is 18.9. The van der Waals surface area contributed by atoms with Crippen molar-refractivity contribution in [1.29, 1.82) is 0 Å². The van der Waals surface area contributed by atoms with Crippen LogP contribution in [0.2, 0.25) is 0 Å². The van der Waals surface area contributed by atoms with Crippen LogP contribution in [0.5, 0.6) is 0 Å². The highest BCUT2D eigenvalue weighted by atomic mass is 32.2. The molecule has 0 saturated carbocycles. The van der Waals surface area contributed by atoms with Crippen molar-refractivity contribution in [3.63, 3.8) is 0 Å². The predicted octanol–water partition coefficient (Wildman–Crippen LogP) is 0.772. The summed E-state index contributed by atoms with van der Waals surface area (Å²) in [5, 5.41) is 0. The van der Waals surface area contributed by atoms with Crippen LogP contribution >= 0.6 is 0 Å². The lowest BCUT2D eigenvalue weighted by Crippen LogP contribution is -2.34. The van der Waals surface area contributed by atoms with Gasteiger partial charge in [0.1, 0.15) is 0 Å². The molecular weight excluding hydrogens is 342 g/mol. The van der Waals surface area contributed by atoms with Gasteiger partial charge in [-0.25, -0.2) is 22.7 Å². The summed E-state index contributed by atoms with van der Waals surface area (Å²) in [4.78, 5) is 25.1. The molecule has 1 fully saturated rings. The van der Waals surface area contributed by atoms with Gasteiger partial charge in [-0.15, -0.1) is 0 Å². The molecule has 8 nitrogen and oxygen atoms in total. The number of rotatable bonds is 5. The average molecular weight is 369 g/mol. The van der Waals surface area contributed by atoms with E-state index in [1.165, 1.54) is 10.6 Å². The van der Waals surface area contributed by atoms with Crippen molar-refractivity contribution in [3.8, 4) is 0 Å². The van der Waals surface area contributed by atoms with E-state index in [0.717, 1.165) is 0 Å². The number of aromatic nitrogens is 2. The Balaban J connectivity index is 2.43. The van der Waals surface area contributed by atoms with Crippen LogP contribution in [0, 0.1) is 0 Å². The second-order valence-corrected chi connectivity index (χ2v) is 8.96. The van der Waals surface area contributed by atoms with Crippen LogP contribution in [0.4, 0.5) is 5.95 Å². The van der Waals surface area contributed by atoms with Crippen molar-refractivity contribution in [2.24, 2.45) is 0 Å². The molecule has 140 valence electrons. The molecule has 1 unspecified atom stereocenters. The van der Waals surface area contributed by atoms with Gasteiger partial charge in [-0.2, -0.15) is 0 Å². The molecule has 25 heavy (non-hydrogen) atoms. The Bertz CT molecular complexity index is 748. The highest BCUT2D eigenvalue weighted by Gasteiger charge is 2.34. The lowest BCUT2D eigenvalue weighted by Gasteiger charge is -2.24. The normalized spacial score (nSPS) is 18.6. The summed E-state index contributed by atoms with van der Waals surface area (Å²) in [6, 6.07) is 0.0463. The molecule has 0 bridgehead atoms. The zero-order valence-electron chi connectivity index (χ0n) is 15.7. The molecule has 2 heterocycles. The van der Waals surface area contributed by atoms with Gasteiger partial charge in [0.2, 0.25) is 16.0 Å². The van der Waals surface area contributed by atoms with Crippen molar-refractivity contribution < 1.29 is 13.2 Å². The van der Waals surface area contributed by atoms with E-state index in [2.05, 4.69) is 9.97 Å². The maximum atomic E-state index is 12.8. The minimum absolute atomic E-state index is 0.0463. The summed E-state index contributed by atoms with van der Waals surface area (Å²) >= 11 is 0. The number of nitrogens with zero attached hydrogens (tertiary/aromatic N) is 5. The first kappa shape index (κ1) is 19.6. The predicted molar refractivity (Wildman–Crippen MR) is 97.4 cm³/mol. The molecular formula is C16H27N5O3S. The molecule has 0 N–H and O–H groups in total. The van der Waals surface area contributed by atoms with Crippen molar-refractivity contribution in [2.75, 3.05) is 45.4 Å². The van der Waals surface area contributed by atoms with Gasteiger partial charge in [0.15, 0.2) is 0 Å². The molecule has 1 aromatic heterocycles. The molecule has 0 aromatic carbocycles. The fraction of sp³-hybridized carbons (Fsp3) is 0.688. The molecule has 1 saturated heterocycles. The van der Waals surface area contributed by atoms with Gasteiger partial charge in [0.05, 0.1) is 17.5 Å². The summed E-state index contributed by atoms with van der Waals surface area (Å²) < 4.78 is 25.1. The number of hydrogen-bond donors (Lipinski definition) is 0. The third-order valence-corrected chi connectivity index (χ3v) is 5.81. The van der Waals surface area contributed by atoms with E-state index in [0.29, 0.717) is 36.7 Å². The lowest BCUT2D eigenvalue weighted by atomic mass is 9.99. The summed E-state index contributed by atoms with van der Waals surface area (Å²) in [6.45, 7) is 4.66. The Morgan fingerprint density at radius 2 is 1.96 bits per heavy atom. The monoisotopic (exact) mass is 369 g/mol. The summed E-state index contributed by atoms with van der Waals surface area (Å²) in [6.07, 6.45) is 3.41. The Labute approximate surface area is 149 Å². The minimum Gasteiger partial charge on any atom is -0.347 e. The summed E-state index contributed by atoms with van der Waals surface area (Å²) in [5.74, 6) is 0.251. The van der Waals surface area contributed by atoms with Gasteiger partial charge < -0.3 is 9.80 Å². The highest BCUT2D eigenvalue weighted by Crippen LogP contribution is 2.30. The Kier molecular flexibility index (Phi) is 5.68. The minimum atomic E-state index is -3.25. The van der Waals surface area contributed by atoms with Crippen molar-refractivity contribution in [3.05, 3.63) is 17.5 Å². The Morgan fingerprint density at radius 3 is 2.44 bits per heavy atom. The number of hydrogen-bond acceptors (Lipinski definition) is 6. The molecule has 0 radical (unpaired) electrons. The first-order valence-electron chi connectivity index (χ1n) is 8.29. The SMILES string of the molecule is CC(C)N(C)C(=O)c1cnc(N(C)C)nc1C1CCN(S(C)(=O)=O)C1. The zero-order valence-corrected chi connectivity index (χ0v) is 16.5. The van der Waals surface area contributed by atoms with E-state index in [-0.39, 0.29) is 17.9 Å². The third kappa shape index (κ3) is 4.27. The van der Waals surface area contributed by atoms with E-state index in [1.54, 1.807) is 23.0 Å². The van der Waals surface area contributed by atoms with Gasteiger partial charge in [-0.1, -0.05) is 0 Å². The molecule has 1 atom stereocenters. The van der Waals surface area contributed by atoms with E-state index < -0.39 is 10.0 Å². The fourth-order valence-electron chi connectivity index (χ4n) is 2.75. The fourth-order valence-corrected chi connectivity index (χ4v) is 3.64. The molecule has 1 aliphatic rings. The van der Waals surface area contributed by atoms with E-state index in [1.807, 2.05) is 27.9 Å². The van der Waals surface area contributed by atoms with Gasteiger partial charge in [-0.05, 0) is 20.3 Å². The van der Waals surface area contributed by atoms with Crippen LogP contribution in [-0.2, 0) is 10.0 Å². The maximum Gasteiger partial charge on any atom is 0.257 e. The van der Waals surface area contributed by atoms with Crippen LogP contribution in [0.1, 0.15) is 42.2 Å². The van der Waals surface area contributed by atoms with Gasteiger partial charge in [0.25, 0.3) is 5.91 Å². The second kappa shape index (κ2) is 7.25. The maximum absolute atomic E-state index is 12.8. The molecule has 2 rings (SSSR count). The summed E-state index contributed by atoms with van der Waals surface area (Å²) in [7, 11) is 2.16. The summed E-state index contributed by atoms with van der Waals surface area (Å²) in [5.41, 5.74) is 1.07. The number of carbonyl (C=O) groups excluding carboxylic acids is 1. The first-order chi connectivity index (χ1) is 11.5. The van der Waals surface area contributed by atoms with Gasteiger partial charge in [0, 0.05) is 52.4 Å². The van der Waals surface area contributed by atoms with E-state index in [9.17, 15) is 13.2 Å². The molecule has 0 aliphatic carbocycles. The molecule has 1 aromatic rings. The smallest absolute Gasteiger partial charge is 0.257 e. The second-order valence-electron chi connectivity index (χ2n) is 6.98. The lowest BCUT2D eigenvalue weighted by molar-refractivity contribution is 0.0752. The first-order valence-corrected chi connectivity index (χ1v) is 10.1.